The van der Waals surface area contributed by atoms with E-state index in [1.807, 2.05) is 32.9 Å². The average molecular weight is 346 g/mol. The number of aryl methyl sites for hydroxylation is 3. The Morgan fingerprint density at radius 1 is 1.21 bits per heavy atom. The van der Waals surface area contributed by atoms with Crippen molar-refractivity contribution in [1.29, 1.82) is 0 Å². The number of thiazole rings is 1. The molecule has 0 aliphatic heterocycles. The summed E-state index contributed by atoms with van der Waals surface area (Å²) < 4.78 is 0. The number of nitrogens with two attached hydrogens (primary N) is 1. The van der Waals surface area contributed by atoms with Gasteiger partial charge in [0.15, 0.2) is 0 Å². The van der Waals surface area contributed by atoms with Gasteiger partial charge < -0.3 is 16.4 Å². The predicted octanol–water partition coefficient (Wildman–Crippen LogP) is 1.94. The summed E-state index contributed by atoms with van der Waals surface area (Å²) in [4.78, 5) is 28.3. The first-order chi connectivity index (χ1) is 11.4. The molecule has 6 nitrogen and oxygen atoms in total. The third-order valence-electron chi connectivity index (χ3n) is 3.49. The molecule has 4 N–H and O–H groups in total. The molecule has 1 aromatic heterocycles. The van der Waals surface area contributed by atoms with Crippen molar-refractivity contribution in [1.82, 2.24) is 10.3 Å². The van der Waals surface area contributed by atoms with E-state index in [0.717, 1.165) is 27.4 Å². The zero-order chi connectivity index (χ0) is 17.7. The van der Waals surface area contributed by atoms with Gasteiger partial charge in [-0.1, -0.05) is 17.7 Å². The van der Waals surface area contributed by atoms with Gasteiger partial charge in [0, 0.05) is 17.5 Å². The fraction of sp³-hybridized carbons (Fsp3) is 0.353. The Balaban J connectivity index is 1.92. The third-order valence-corrected chi connectivity index (χ3v) is 4.40. The summed E-state index contributed by atoms with van der Waals surface area (Å²) in [7, 11) is 0. The van der Waals surface area contributed by atoms with Gasteiger partial charge >= 0.3 is 0 Å². The van der Waals surface area contributed by atoms with Crippen LogP contribution in [0.3, 0.4) is 0 Å². The summed E-state index contributed by atoms with van der Waals surface area (Å²) in [5.41, 5.74) is 9.72. The minimum absolute atomic E-state index is 0.102. The largest absolute Gasteiger partial charge is 0.342 e. The van der Waals surface area contributed by atoms with E-state index in [1.165, 1.54) is 11.3 Å². The molecule has 128 valence electrons. The van der Waals surface area contributed by atoms with Gasteiger partial charge in [0.2, 0.25) is 5.91 Å². The second-order valence-electron chi connectivity index (χ2n) is 5.67. The van der Waals surface area contributed by atoms with E-state index in [1.54, 1.807) is 5.38 Å². The second kappa shape index (κ2) is 8.03. The van der Waals surface area contributed by atoms with Crippen molar-refractivity contribution in [2.24, 2.45) is 5.73 Å². The summed E-state index contributed by atoms with van der Waals surface area (Å²) in [6.07, 6.45) is 0.643. The lowest BCUT2D eigenvalue weighted by molar-refractivity contribution is -0.115. The van der Waals surface area contributed by atoms with Crippen LogP contribution in [0.2, 0.25) is 0 Å². The number of amides is 2. The van der Waals surface area contributed by atoms with Crippen LogP contribution in [0.1, 0.15) is 32.2 Å². The van der Waals surface area contributed by atoms with Crippen LogP contribution < -0.4 is 16.4 Å². The molecule has 0 spiro atoms. The lowest BCUT2D eigenvalue weighted by Gasteiger charge is -2.13. The number of hydrogen-bond donors (Lipinski definition) is 3. The number of anilines is 1. The van der Waals surface area contributed by atoms with E-state index in [4.69, 9.17) is 5.73 Å². The van der Waals surface area contributed by atoms with E-state index >= 15 is 0 Å². The van der Waals surface area contributed by atoms with Crippen LogP contribution in [0.15, 0.2) is 17.5 Å². The zero-order valence-corrected chi connectivity index (χ0v) is 14.9. The molecule has 0 fully saturated rings. The molecule has 0 aliphatic rings. The number of benzene rings is 1. The van der Waals surface area contributed by atoms with Crippen molar-refractivity contribution >= 4 is 28.8 Å². The molecule has 0 radical (unpaired) electrons. The van der Waals surface area contributed by atoms with Crippen molar-refractivity contribution in [3.05, 3.63) is 44.9 Å². The van der Waals surface area contributed by atoms with Gasteiger partial charge in [-0.15, -0.1) is 11.3 Å². The molecule has 1 aromatic carbocycles. The van der Waals surface area contributed by atoms with Crippen LogP contribution in [0, 0.1) is 20.8 Å². The highest BCUT2D eigenvalue weighted by molar-refractivity contribution is 7.09. The molecule has 0 saturated heterocycles. The quantitative estimate of drug-likeness (QED) is 0.744. The second-order valence-corrected chi connectivity index (χ2v) is 6.61. The van der Waals surface area contributed by atoms with Crippen LogP contribution in [0.25, 0.3) is 0 Å². The van der Waals surface area contributed by atoms with Gasteiger partial charge in [-0.3, -0.25) is 9.59 Å². The molecule has 24 heavy (non-hydrogen) atoms. The van der Waals surface area contributed by atoms with Gasteiger partial charge in [0.1, 0.15) is 5.69 Å². The maximum absolute atomic E-state index is 12.1. The zero-order valence-electron chi connectivity index (χ0n) is 14.1. The third kappa shape index (κ3) is 4.62. The number of nitrogens with zero attached hydrogens (tertiary/aromatic N) is 1. The van der Waals surface area contributed by atoms with Gasteiger partial charge in [-0.2, -0.15) is 0 Å². The fourth-order valence-electron chi connectivity index (χ4n) is 2.47. The molecule has 0 saturated carbocycles. The Bertz CT molecular complexity index is 732. The van der Waals surface area contributed by atoms with E-state index in [9.17, 15) is 9.59 Å². The van der Waals surface area contributed by atoms with Crippen molar-refractivity contribution in [2.75, 3.05) is 18.4 Å². The lowest BCUT2D eigenvalue weighted by atomic mass is 10.1. The van der Waals surface area contributed by atoms with Gasteiger partial charge in [0.25, 0.3) is 5.91 Å². The van der Waals surface area contributed by atoms with E-state index in [2.05, 4.69) is 15.6 Å². The maximum Gasteiger partial charge on any atom is 0.271 e. The first-order valence-corrected chi connectivity index (χ1v) is 8.59. The van der Waals surface area contributed by atoms with Crippen molar-refractivity contribution in [3.63, 3.8) is 0 Å². The number of nitrogens with one attached hydrogen (secondary N) is 2. The summed E-state index contributed by atoms with van der Waals surface area (Å²) in [5.74, 6) is -0.627. The Morgan fingerprint density at radius 2 is 1.88 bits per heavy atom. The summed E-state index contributed by atoms with van der Waals surface area (Å²) >= 11 is 1.39. The number of rotatable bonds is 6. The topological polar surface area (TPSA) is 97.1 Å². The molecular formula is C17H22N4O2S. The normalized spacial score (nSPS) is 10.5. The molecule has 1 heterocycles. The smallest absolute Gasteiger partial charge is 0.271 e. The first kappa shape index (κ1) is 18.1. The summed E-state index contributed by atoms with van der Waals surface area (Å²) in [6, 6.07) is 4.02. The van der Waals surface area contributed by atoms with E-state index < -0.39 is 0 Å². The molecule has 2 aromatic rings. The highest BCUT2D eigenvalue weighted by Gasteiger charge is 2.13. The molecular weight excluding hydrogens is 324 g/mol. The molecule has 2 rings (SSSR count). The van der Waals surface area contributed by atoms with Crippen LogP contribution in [-0.2, 0) is 11.2 Å². The Hall–Kier alpha value is -2.25. The van der Waals surface area contributed by atoms with E-state index in [-0.39, 0.29) is 18.4 Å². The maximum atomic E-state index is 12.1. The van der Waals surface area contributed by atoms with E-state index in [0.29, 0.717) is 18.7 Å². The van der Waals surface area contributed by atoms with Crippen LogP contribution in [0.4, 0.5) is 5.69 Å². The molecule has 0 aliphatic carbocycles. The van der Waals surface area contributed by atoms with Gasteiger partial charge in [-0.05, 0) is 38.4 Å². The molecule has 0 atom stereocenters. The Morgan fingerprint density at radius 3 is 2.50 bits per heavy atom. The molecule has 0 unspecified atom stereocenters. The number of aromatic nitrogens is 1. The van der Waals surface area contributed by atoms with Gasteiger partial charge in [0.05, 0.1) is 11.6 Å². The fourth-order valence-corrected chi connectivity index (χ4v) is 3.26. The minimum Gasteiger partial charge on any atom is -0.342 e. The highest BCUT2D eigenvalue weighted by Crippen LogP contribution is 2.21. The number of hydrogen-bond acceptors (Lipinski definition) is 5. The van der Waals surface area contributed by atoms with Crippen LogP contribution in [-0.4, -0.2) is 29.9 Å². The lowest BCUT2D eigenvalue weighted by Crippen LogP contribution is -2.33. The number of carbonyl (C=O) groups is 2. The first-order valence-electron chi connectivity index (χ1n) is 7.71. The highest BCUT2D eigenvalue weighted by atomic mass is 32.1. The molecule has 7 heteroatoms. The average Bonchev–Trinajstić information content (AvgIpc) is 2.97. The monoisotopic (exact) mass is 346 g/mol. The van der Waals surface area contributed by atoms with Gasteiger partial charge in [-0.25, -0.2) is 4.98 Å². The SMILES string of the molecule is Cc1cc(C)c(NC(=O)CNC(=O)c2csc(CCN)n2)c(C)c1. The summed E-state index contributed by atoms with van der Waals surface area (Å²) in [6.45, 7) is 6.30. The summed E-state index contributed by atoms with van der Waals surface area (Å²) in [5, 5.41) is 7.93. The van der Waals surface area contributed by atoms with Crippen LogP contribution in [0.5, 0.6) is 0 Å². The van der Waals surface area contributed by atoms with Crippen molar-refractivity contribution in [2.45, 2.75) is 27.2 Å². The number of carbonyl (C=O) groups excluding carboxylic acids is 2. The Kier molecular flexibility index (Phi) is 6.05. The van der Waals surface area contributed by atoms with Crippen molar-refractivity contribution in [3.8, 4) is 0 Å². The Labute approximate surface area is 145 Å². The molecule has 2 amide bonds. The molecule has 0 bridgehead atoms. The van der Waals surface area contributed by atoms with Crippen molar-refractivity contribution < 1.29 is 9.59 Å². The predicted molar refractivity (Wildman–Crippen MR) is 96.5 cm³/mol. The minimum atomic E-state index is -0.359. The van der Waals surface area contributed by atoms with Crippen LogP contribution >= 0.6 is 11.3 Å². The standard InChI is InChI=1S/C17H22N4O2S/c1-10-6-11(2)16(12(3)7-10)21-14(22)8-19-17(23)13-9-24-15(20-13)4-5-18/h6-7,9H,4-5,8,18H2,1-3H3,(H,19,23)(H,21,22).